The van der Waals surface area contributed by atoms with Crippen LogP contribution in [-0.4, -0.2) is 44.5 Å². The first-order valence-corrected chi connectivity index (χ1v) is 9.14. The van der Waals surface area contributed by atoms with E-state index in [1.165, 1.54) is 0 Å². The second-order valence-electron chi connectivity index (χ2n) is 6.23. The molecule has 1 amide bonds. The molecular formula is C21H23N3O6. The van der Waals surface area contributed by atoms with Gasteiger partial charge in [-0.05, 0) is 18.2 Å². The summed E-state index contributed by atoms with van der Waals surface area (Å²) in [6, 6.07) is 10.5. The largest absolute Gasteiger partial charge is 0.497 e. The normalized spacial score (nSPS) is 10.4. The summed E-state index contributed by atoms with van der Waals surface area (Å²) >= 11 is 0. The van der Waals surface area contributed by atoms with E-state index in [4.69, 9.17) is 23.5 Å². The number of hydrogen-bond donors (Lipinski definition) is 1. The molecule has 0 bridgehead atoms. The summed E-state index contributed by atoms with van der Waals surface area (Å²) in [5.74, 6) is 2.91. The number of aromatic nitrogens is 2. The van der Waals surface area contributed by atoms with Crippen molar-refractivity contribution in [2.45, 2.75) is 12.8 Å². The zero-order valence-electron chi connectivity index (χ0n) is 17.2. The summed E-state index contributed by atoms with van der Waals surface area (Å²) in [7, 11) is 6.22. The molecule has 2 aromatic carbocycles. The van der Waals surface area contributed by atoms with E-state index in [0.29, 0.717) is 46.8 Å². The van der Waals surface area contributed by atoms with Crippen LogP contribution in [0, 0.1) is 0 Å². The van der Waals surface area contributed by atoms with E-state index in [0.717, 1.165) is 5.56 Å². The number of carbonyl (C=O) groups excluding carboxylic acids is 1. The first-order valence-electron chi connectivity index (χ1n) is 9.14. The van der Waals surface area contributed by atoms with E-state index >= 15 is 0 Å². The van der Waals surface area contributed by atoms with Gasteiger partial charge in [0.1, 0.15) is 11.5 Å². The Morgan fingerprint density at radius 1 is 0.933 bits per heavy atom. The van der Waals surface area contributed by atoms with Crippen LogP contribution in [0.15, 0.2) is 40.9 Å². The number of anilines is 1. The molecule has 0 saturated heterocycles. The molecule has 3 rings (SSSR count). The molecule has 0 aliphatic carbocycles. The monoisotopic (exact) mass is 413 g/mol. The van der Waals surface area contributed by atoms with Crippen molar-refractivity contribution in [2.75, 3.05) is 33.8 Å². The molecule has 1 aromatic heterocycles. The Kier molecular flexibility index (Phi) is 6.74. The fourth-order valence-electron chi connectivity index (χ4n) is 2.77. The molecule has 158 valence electrons. The predicted octanol–water partition coefficient (Wildman–Crippen LogP) is 3.34. The Hall–Kier alpha value is -3.75. The quantitative estimate of drug-likeness (QED) is 0.569. The van der Waals surface area contributed by atoms with Crippen molar-refractivity contribution in [2.24, 2.45) is 0 Å². The summed E-state index contributed by atoms with van der Waals surface area (Å²) in [5, 5.41) is 6.79. The topological polar surface area (TPSA) is 105 Å². The fourth-order valence-corrected chi connectivity index (χ4v) is 2.77. The molecule has 1 N–H and O–H groups in total. The van der Waals surface area contributed by atoms with Gasteiger partial charge >= 0.3 is 0 Å². The molecule has 0 aliphatic heterocycles. The lowest BCUT2D eigenvalue weighted by atomic mass is 10.2. The lowest BCUT2D eigenvalue weighted by Crippen LogP contribution is -2.12. The van der Waals surface area contributed by atoms with Crippen LogP contribution in [0.5, 0.6) is 23.0 Å². The predicted molar refractivity (Wildman–Crippen MR) is 109 cm³/mol. The van der Waals surface area contributed by atoms with Gasteiger partial charge in [0, 0.05) is 42.3 Å². The maximum Gasteiger partial charge on any atom is 0.227 e. The van der Waals surface area contributed by atoms with E-state index < -0.39 is 0 Å². The van der Waals surface area contributed by atoms with Crippen LogP contribution in [-0.2, 0) is 11.2 Å². The van der Waals surface area contributed by atoms with Crippen molar-refractivity contribution in [1.82, 2.24) is 10.1 Å². The summed E-state index contributed by atoms with van der Waals surface area (Å²) in [6.07, 6.45) is 0.473. The zero-order valence-corrected chi connectivity index (χ0v) is 17.2. The summed E-state index contributed by atoms with van der Waals surface area (Å²) in [4.78, 5) is 16.7. The highest BCUT2D eigenvalue weighted by Gasteiger charge is 2.14. The van der Waals surface area contributed by atoms with E-state index in [1.807, 2.05) is 0 Å². The number of methoxy groups -OCH3 is 4. The minimum absolute atomic E-state index is 0.174. The van der Waals surface area contributed by atoms with Crippen LogP contribution >= 0.6 is 0 Å². The summed E-state index contributed by atoms with van der Waals surface area (Å²) < 4.78 is 26.2. The minimum atomic E-state index is -0.198. The maximum atomic E-state index is 12.3. The molecule has 9 nitrogen and oxygen atoms in total. The van der Waals surface area contributed by atoms with Crippen molar-refractivity contribution < 1.29 is 28.3 Å². The number of rotatable bonds is 9. The highest BCUT2D eigenvalue weighted by molar-refractivity contribution is 5.91. The second-order valence-corrected chi connectivity index (χ2v) is 6.23. The lowest BCUT2D eigenvalue weighted by Gasteiger charge is -2.09. The van der Waals surface area contributed by atoms with Gasteiger partial charge in [0.15, 0.2) is 11.5 Å². The molecule has 3 aromatic rings. The summed E-state index contributed by atoms with van der Waals surface area (Å²) in [5.41, 5.74) is 1.29. The Balaban J connectivity index is 1.62. The minimum Gasteiger partial charge on any atom is -0.497 e. The third kappa shape index (κ3) is 4.99. The van der Waals surface area contributed by atoms with Crippen molar-refractivity contribution in [3.05, 3.63) is 42.3 Å². The van der Waals surface area contributed by atoms with Crippen LogP contribution in [0.4, 0.5) is 5.69 Å². The van der Waals surface area contributed by atoms with Crippen LogP contribution < -0.4 is 24.3 Å². The van der Waals surface area contributed by atoms with Gasteiger partial charge in [0.2, 0.25) is 17.6 Å². The zero-order chi connectivity index (χ0) is 21.5. The average molecular weight is 413 g/mol. The van der Waals surface area contributed by atoms with Crippen LogP contribution in [0.1, 0.15) is 12.3 Å². The molecule has 30 heavy (non-hydrogen) atoms. The number of carbonyl (C=O) groups is 1. The molecule has 0 unspecified atom stereocenters. The van der Waals surface area contributed by atoms with Gasteiger partial charge in [-0.2, -0.15) is 4.98 Å². The highest BCUT2D eigenvalue weighted by Crippen LogP contribution is 2.31. The Bertz CT molecular complexity index is 995. The van der Waals surface area contributed by atoms with Gasteiger partial charge in [-0.3, -0.25) is 4.79 Å². The molecule has 0 fully saturated rings. The molecule has 1 heterocycles. The molecular weight excluding hydrogens is 390 g/mol. The maximum absolute atomic E-state index is 12.3. The lowest BCUT2D eigenvalue weighted by molar-refractivity contribution is -0.116. The Labute approximate surface area is 173 Å². The van der Waals surface area contributed by atoms with E-state index in [1.54, 1.807) is 64.8 Å². The van der Waals surface area contributed by atoms with Crippen molar-refractivity contribution in [3.8, 4) is 34.4 Å². The number of ether oxygens (including phenoxy) is 4. The molecule has 0 saturated carbocycles. The first kappa shape index (κ1) is 21.0. The van der Waals surface area contributed by atoms with Crippen molar-refractivity contribution >= 4 is 11.6 Å². The van der Waals surface area contributed by atoms with Crippen molar-refractivity contribution in [3.63, 3.8) is 0 Å². The van der Waals surface area contributed by atoms with E-state index in [9.17, 15) is 4.79 Å². The first-order chi connectivity index (χ1) is 14.6. The Morgan fingerprint density at radius 2 is 1.63 bits per heavy atom. The second kappa shape index (κ2) is 9.64. The van der Waals surface area contributed by atoms with Gasteiger partial charge < -0.3 is 28.8 Å². The van der Waals surface area contributed by atoms with E-state index in [-0.39, 0.29) is 12.3 Å². The number of hydrogen-bond acceptors (Lipinski definition) is 8. The van der Waals surface area contributed by atoms with Gasteiger partial charge in [0.05, 0.1) is 28.4 Å². The third-order valence-electron chi connectivity index (χ3n) is 4.31. The molecule has 0 aliphatic rings. The summed E-state index contributed by atoms with van der Waals surface area (Å²) in [6.45, 7) is 0. The van der Waals surface area contributed by atoms with Crippen LogP contribution in [0.3, 0.4) is 0 Å². The van der Waals surface area contributed by atoms with E-state index in [2.05, 4.69) is 15.5 Å². The molecule has 0 radical (unpaired) electrons. The molecule has 0 atom stereocenters. The number of nitrogens with zero attached hydrogens (tertiary/aromatic N) is 2. The van der Waals surface area contributed by atoms with Crippen LogP contribution in [0.25, 0.3) is 11.4 Å². The average Bonchev–Trinajstić information content (AvgIpc) is 3.26. The van der Waals surface area contributed by atoms with Crippen LogP contribution in [0.2, 0.25) is 0 Å². The third-order valence-corrected chi connectivity index (χ3v) is 4.31. The number of benzene rings is 2. The number of amides is 1. The Morgan fingerprint density at radius 3 is 2.27 bits per heavy atom. The van der Waals surface area contributed by atoms with Crippen molar-refractivity contribution in [1.29, 1.82) is 0 Å². The molecule has 0 spiro atoms. The fraction of sp³-hybridized carbons (Fsp3) is 0.286. The number of aryl methyl sites for hydroxylation is 1. The number of nitrogens with one attached hydrogen (secondary N) is 1. The highest BCUT2D eigenvalue weighted by atomic mass is 16.5. The van der Waals surface area contributed by atoms with Gasteiger partial charge in [0.25, 0.3) is 0 Å². The molecule has 9 heteroatoms. The smallest absolute Gasteiger partial charge is 0.227 e. The van der Waals surface area contributed by atoms with Gasteiger partial charge in [-0.15, -0.1) is 0 Å². The SMILES string of the molecule is COc1cc(NC(=O)CCc2nc(-c3ccc(OC)c(OC)c3)no2)cc(OC)c1. The van der Waals surface area contributed by atoms with Gasteiger partial charge in [-0.1, -0.05) is 5.16 Å². The standard InChI is InChI=1S/C21H23N3O6/c1-26-15-10-14(11-16(12-15)27-2)22-19(25)7-8-20-23-21(24-30-20)13-5-6-17(28-3)18(9-13)29-4/h5-6,9-12H,7-8H2,1-4H3,(H,22,25). The van der Waals surface area contributed by atoms with Gasteiger partial charge in [-0.25, -0.2) is 0 Å².